The van der Waals surface area contributed by atoms with Crippen LogP contribution >= 0.6 is 23.2 Å². The molecular formula is C6H6Cl2N2O5. The third kappa shape index (κ3) is 5.87. The van der Waals surface area contributed by atoms with Gasteiger partial charge in [-0.15, -0.1) is 0 Å². The molecule has 0 saturated heterocycles. The second-order valence-corrected chi connectivity index (χ2v) is 2.98. The minimum absolute atomic E-state index is 0.0579. The lowest BCUT2D eigenvalue weighted by Crippen LogP contribution is -2.03. The van der Waals surface area contributed by atoms with E-state index in [1.165, 1.54) is 7.11 Å². The van der Waals surface area contributed by atoms with Gasteiger partial charge in [-0.2, -0.15) is 4.98 Å². The predicted molar refractivity (Wildman–Crippen MR) is 48.8 cm³/mol. The second kappa shape index (κ2) is 7.02. The molecule has 0 fully saturated rings. The minimum Gasteiger partial charge on any atom is -0.479 e. The smallest absolute Gasteiger partial charge is 0.379 e. The van der Waals surface area contributed by atoms with Crippen molar-refractivity contribution in [2.75, 3.05) is 7.11 Å². The lowest BCUT2D eigenvalue weighted by molar-refractivity contribution is -0.135. The molecule has 1 heterocycles. The molecule has 0 atom stereocenters. The van der Waals surface area contributed by atoms with E-state index in [9.17, 15) is 9.59 Å². The summed E-state index contributed by atoms with van der Waals surface area (Å²) in [6.07, 6.45) is 1.06. The molecule has 7 nitrogen and oxygen atoms in total. The van der Waals surface area contributed by atoms with E-state index >= 15 is 0 Å². The Morgan fingerprint density at radius 3 is 2.40 bits per heavy atom. The number of carbonyl (C=O) groups excluding carboxylic acids is 1. The van der Waals surface area contributed by atoms with Crippen molar-refractivity contribution >= 4 is 35.1 Å². The molecule has 1 aromatic rings. The molecule has 0 aliphatic heterocycles. The minimum atomic E-state index is -1.29. The van der Waals surface area contributed by atoms with E-state index in [-0.39, 0.29) is 5.82 Å². The summed E-state index contributed by atoms with van der Waals surface area (Å²) in [7, 11) is 1.25. The number of hydrogen-bond acceptors (Lipinski definition) is 6. The summed E-state index contributed by atoms with van der Waals surface area (Å²) in [5.41, 5.74) is 0. The fraction of sp³-hybridized carbons (Fsp3) is 0.333. The third-order valence-electron chi connectivity index (χ3n) is 0.916. The number of hydrogen-bond donors (Lipinski definition) is 1. The van der Waals surface area contributed by atoms with Crippen molar-refractivity contribution < 1.29 is 24.0 Å². The molecule has 15 heavy (non-hydrogen) atoms. The number of nitrogens with zero attached hydrogens (tertiary/aromatic N) is 2. The summed E-state index contributed by atoms with van der Waals surface area (Å²) in [4.78, 5) is 22.1. The van der Waals surface area contributed by atoms with Crippen molar-refractivity contribution in [3.8, 4) is 0 Å². The van der Waals surface area contributed by atoms with Crippen LogP contribution in [0.4, 0.5) is 0 Å². The third-order valence-corrected chi connectivity index (χ3v) is 1.29. The maximum absolute atomic E-state index is 10.5. The van der Waals surface area contributed by atoms with E-state index in [0.29, 0.717) is 0 Å². The van der Waals surface area contributed by atoms with Gasteiger partial charge >= 0.3 is 11.9 Å². The molecule has 0 aliphatic carbocycles. The number of aromatic nitrogens is 2. The van der Waals surface area contributed by atoms with Crippen LogP contribution in [-0.4, -0.2) is 39.1 Å². The molecule has 1 rings (SSSR count). The van der Waals surface area contributed by atoms with E-state index in [0.717, 1.165) is 6.39 Å². The van der Waals surface area contributed by atoms with Gasteiger partial charge in [0.15, 0.2) is 0 Å². The standard InChI is InChI=1S/C4H4N2O3.C2H2Cl2O2/c1-8-4(7)3-5-2-9-6-3;3-1(4)2(5)6/h2H,1H3;1H,(H,5,6). The number of alkyl halides is 2. The van der Waals surface area contributed by atoms with Crippen molar-refractivity contribution in [1.82, 2.24) is 10.1 Å². The van der Waals surface area contributed by atoms with Crippen LogP contribution in [0, 0.1) is 0 Å². The average molecular weight is 257 g/mol. The molecule has 0 aromatic carbocycles. The summed E-state index contributed by atoms with van der Waals surface area (Å²) < 4.78 is 8.55. The Hall–Kier alpha value is -1.34. The Bertz CT molecular complexity index is 313. The summed E-state index contributed by atoms with van der Waals surface area (Å²) in [5, 5.41) is 11.0. The number of carboxylic acid groups (broad SMARTS) is 1. The zero-order valence-electron chi connectivity index (χ0n) is 7.39. The summed E-state index contributed by atoms with van der Waals surface area (Å²) >= 11 is 9.56. The number of aliphatic carboxylic acids is 1. The summed E-state index contributed by atoms with van der Waals surface area (Å²) in [6.45, 7) is 0. The van der Waals surface area contributed by atoms with Gasteiger partial charge < -0.3 is 14.4 Å². The predicted octanol–water partition coefficient (Wildman–Crippen LogP) is 0.731. The zero-order valence-corrected chi connectivity index (χ0v) is 8.90. The molecule has 0 radical (unpaired) electrons. The van der Waals surface area contributed by atoms with Gasteiger partial charge in [0.2, 0.25) is 11.2 Å². The van der Waals surface area contributed by atoms with Gasteiger partial charge in [0.1, 0.15) is 0 Å². The summed E-state index contributed by atoms with van der Waals surface area (Å²) in [5.74, 6) is -1.86. The molecular weight excluding hydrogens is 251 g/mol. The second-order valence-electron chi connectivity index (χ2n) is 1.89. The molecule has 0 bridgehead atoms. The van der Waals surface area contributed by atoms with Crippen LogP contribution in [0.1, 0.15) is 10.6 Å². The number of carbonyl (C=O) groups is 2. The Kier molecular flexibility index (Phi) is 6.39. The zero-order chi connectivity index (χ0) is 11.8. The van der Waals surface area contributed by atoms with E-state index < -0.39 is 16.8 Å². The summed E-state index contributed by atoms with van der Waals surface area (Å²) in [6, 6.07) is 0. The normalized spacial score (nSPS) is 9.07. The van der Waals surface area contributed by atoms with E-state index in [2.05, 4.69) is 19.4 Å². The highest BCUT2D eigenvalue weighted by atomic mass is 35.5. The Morgan fingerprint density at radius 2 is 2.13 bits per heavy atom. The highest BCUT2D eigenvalue weighted by Gasteiger charge is 2.08. The molecule has 0 spiro atoms. The van der Waals surface area contributed by atoms with Crippen molar-refractivity contribution in [2.24, 2.45) is 0 Å². The fourth-order valence-electron chi connectivity index (χ4n) is 0.352. The van der Waals surface area contributed by atoms with Crippen molar-refractivity contribution in [3.63, 3.8) is 0 Å². The van der Waals surface area contributed by atoms with Crippen molar-refractivity contribution in [2.45, 2.75) is 4.84 Å². The largest absolute Gasteiger partial charge is 0.479 e. The number of methoxy groups -OCH3 is 1. The van der Waals surface area contributed by atoms with E-state index in [1.807, 2.05) is 0 Å². The van der Waals surface area contributed by atoms with Crippen LogP contribution in [0.25, 0.3) is 0 Å². The van der Waals surface area contributed by atoms with Gasteiger partial charge in [0, 0.05) is 0 Å². The Labute approximate surface area is 93.9 Å². The number of carboxylic acids is 1. The average Bonchev–Trinajstić information content (AvgIpc) is 2.70. The lowest BCUT2D eigenvalue weighted by atomic mass is 10.6. The highest BCUT2D eigenvalue weighted by molar-refractivity contribution is 6.52. The van der Waals surface area contributed by atoms with Crippen LogP contribution in [0.2, 0.25) is 0 Å². The van der Waals surface area contributed by atoms with Crippen molar-refractivity contribution in [3.05, 3.63) is 12.2 Å². The molecule has 1 aromatic heterocycles. The van der Waals surface area contributed by atoms with Gasteiger partial charge in [-0.1, -0.05) is 28.4 Å². The quantitative estimate of drug-likeness (QED) is 0.615. The number of esters is 1. The first-order valence-electron chi connectivity index (χ1n) is 3.34. The van der Waals surface area contributed by atoms with E-state index in [1.54, 1.807) is 0 Å². The molecule has 9 heteroatoms. The maximum atomic E-state index is 10.5. The first-order chi connectivity index (χ1) is 6.99. The molecule has 0 saturated carbocycles. The molecule has 0 amide bonds. The SMILES string of the molecule is COC(=O)c1ncon1.O=C(O)C(Cl)Cl. The molecule has 1 N–H and O–H groups in total. The number of halogens is 2. The lowest BCUT2D eigenvalue weighted by Gasteiger charge is -1.86. The van der Waals surface area contributed by atoms with Crippen LogP contribution in [-0.2, 0) is 9.53 Å². The fourth-order valence-corrected chi connectivity index (χ4v) is 0.352. The monoisotopic (exact) mass is 256 g/mol. The van der Waals surface area contributed by atoms with E-state index in [4.69, 9.17) is 28.3 Å². The number of ether oxygens (including phenoxy) is 1. The van der Waals surface area contributed by atoms with Crippen LogP contribution < -0.4 is 0 Å². The molecule has 0 aliphatic rings. The Balaban J connectivity index is 0.000000288. The number of rotatable bonds is 2. The first-order valence-corrected chi connectivity index (χ1v) is 4.22. The van der Waals surface area contributed by atoms with Crippen LogP contribution in [0.15, 0.2) is 10.9 Å². The molecule has 84 valence electrons. The first kappa shape index (κ1) is 13.7. The van der Waals surface area contributed by atoms with Gasteiger partial charge in [-0.05, 0) is 0 Å². The topological polar surface area (TPSA) is 103 Å². The van der Waals surface area contributed by atoms with Gasteiger partial charge in [0.25, 0.3) is 5.82 Å². The maximum Gasteiger partial charge on any atom is 0.379 e. The Morgan fingerprint density at radius 1 is 1.60 bits per heavy atom. The highest BCUT2D eigenvalue weighted by Crippen LogP contribution is 1.98. The van der Waals surface area contributed by atoms with Crippen LogP contribution in [0.5, 0.6) is 0 Å². The van der Waals surface area contributed by atoms with Crippen molar-refractivity contribution in [1.29, 1.82) is 0 Å². The van der Waals surface area contributed by atoms with Gasteiger partial charge in [-0.3, -0.25) is 0 Å². The van der Waals surface area contributed by atoms with Gasteiger partial charge in [0.05, 0.1) is 7.11 Å². The molecule has 0 unspecified atom stereocenters. The van der Waals surface area contributed by atoms with Gasteiger partial charge in [-0.25, -0.2) is 9.59 Å². The van der Waals surface area contributed by atoms with Crippen LogP contribution in [0.3, 0.4) is 0 Å².